The lowest BCUT2D eigenvalue weighted by Gasteiger charge is -2.27. The molecule has 0 aromatic heterocycles. The van der Waals surface area contributed by atoms with Gasteiger partial charge in [0.1, 0.15) is 11.6 Å². The number of ether oxygens (including phenoxy) is 2. The van der Waals surface area contributed by atoms with Gasteiger partial charge in [0.15, 0.2) is 0 Å². The summed E-state index contributed by atoms with van der Waals surface area (Å²) < 4.78 is 10.7. The zero-order valence-corrected chi connectivity index (χ0v) is 18.9. The molecule has 0 radical (unpaired) electrons. The smallest absolute Gasteiger partial charge is 0.408 e. The number of alkyl carbamates (subject to hydrolysis) is 1. The van der Waals surface area contributed by atoms with E-state index in [2.05, 4.69) is 10.6 Å². The minimum atomic E-state index is -0.949. The van der Waals surface area contributed by atoms with Crippen molar-refractivity contribution in [2.75, 3.05) is 18.9 Å². The summed E-state index contributed by atoms with van der Waals surface area (Å²) in [6.07, 6.45) is -0.559. The molecule has 31 heavy (non-hydrogen) atoms. The summed E-state index contributed by atoms with van der Waals surface area (Å²) in [6, 6.07) is 5.81. The Bertz CT molecular complexity index is 728. The largest absolute Gasteiger partial charge is 0.481 e. The predicted molar refractivity (Wildman–Crippen MR) is 118 cm³/mol. The highest BCUT2D eigenvalue weighted by atomic mass is 16.6. The van der Waals surface area contributed by atoms with Gasteiger partial charge in [0, 0.05) is 12.1 Å². The zero-order chi connectivity index (χ0) is 23.6. The molecule has 0 saturated heterocycles. The summed E-state index contributed by atoms with van der Waals surface area (Å²) in [5.74, 6) is -1.30. The van der Waals surface area contributed by atoms with Gasteiger partial charge in [-0.15, -0.1) is 0 Å². The van der Waals surface area contributed by atoms with Crippen LogP contribution in [0.5, 0.6) is 0 Å². The van der Waals surface area contributed by atoms with Crippen LogP contribution in [0.3, 0.4) is 0 Å². The number of benzene rings is 1. The molecule has 2 amide bonds. The fourth-order valence-corrected chi connectivity index (χ4v) is 2.60. The first-order chi connectivity index (χ1) is 14.4. The number of anilines is 1. The number of hydrogen-bond acceptors (Lipinski definition) is 6. The molecule has 0 aliphatic rings. The summed E-state index contributed by atoms with van der Waals surface area (Å²) in [4.78, 5) is 35.9. The normalized spacial score (nSPS) is 13.4. The quantitative estimate of drug-likeness (QED) is 0.308. The van der Waals surface area contributed by atoms with E-state index >= 15 is 0 Å². The molecule has 2 atom stereocenters. The van der Waals surface area contributed by atoms with Crippen LogP contribution in [0.25, 0.3) is 0 Å². The third kappa shape index (κ3) is 11.2. The molecule has 9 nitrogen and oxygen atoms in total. The number of aliphatic carboxylic acids is 1. The molecule has 0 unspecified atom stereocenters. The number of carboxylic acids is 1. The summed E-state index contributed by atoms with van der Waals surface area (Å²) >= 11 is 0. The maximum atomic E-state index is 13.0. The van der Waals surface area contributed by atoms with Gasteiger partial charge in [-0.05, 0) is 44.4 Å². The summed E-state index contributed by atoms with van der Waals surface area (Å²) in [5, 5.41) is 14.3. The van der Waals surface area contributed by atoms with Crippen molar-refractivity contribution in [1.82, 2.24) is 10.6 Å². The fraction of sp³-hybridized carbons (Fsp3) is 0.591. The molecule has 0 aliphatic carbocycles. The van der Waals surface area contributed by atoms with Crippen LogP contribution in [-0.4, -0.2) is 54.0 Å². The summed E-state index contributed by atoms with van der Waals surface area (Å²) in [7, 11) is 0. The van der Waals surface area contributed by atoms with Crippen molar-refractivity contribution in [3.05, 3.63) is 29.8 Å². The van der Waals surface area contributed by atoms with Gasteiger partial charge in [-0.1, -0.05) is 26.0 Å². The first kappa shape index (κ1) is 26.2. The number of carboxylic acid groups (broad SMARTS) is 1. The molecule has 9 heteroatoms. The van der Waals surface area contributed by atoms with Gasteiger partial charge in [-0.2, -0.15) is 0 Å². The van der Waals surface area contributed by atoms with E-state index < -0.39 is 23.7 Å². The van der Waals surface area contributed by atoms with Crippen molar-refractivity contribution in [3.63, 3.8) is 0 Å². The third-order valence-electron chi connectivity index (χ3n) is 4.32. The Morgan fingerprint density at radius 2 is 1.71 bits per heavy atom. The maximum absolute atomic E-state index is 13.0. The molecule has 0 spiro atoms. The second-order valence-electron chi connectivity index (χ2n) is 8.72. The zero-order valence-electron chi connectivity index (χ0n) is 18.9. The Hall–Kier alpha value is -2.81. The van der Waals surface area contributed by atoms with Gasteiger partial charge in [-0.3, -0.25) is 9.59 Å². The van der Waals surface area contributed by atoms with Crippen molar-refractivity contribution >= 4 is 23.7 Å². The van der Waals surface area contributed by atoms with E-state index in [9.17, 15) is 14.4 Å². The van der Waals surface area contributed by atoms with E-state index in [0.29, 0.717) is 5.69 Å². The summed E-state index contributed by atoms with van der Waals surface area (Å²) in [6.45, 7) is 9.28. The molecule has 5 N–H and O–H groups in total. The van der Waals surface area contributed by atoms with Crippen molar-refractivity contribution in [2.45, 2.75) is 65.1 Å². The predicted octanol–water partition coefficient (Wildman–Crippen LogP) is 2.34. The molecule has 1 aromatic rings. The minimum Gasteiger partial charge on any atom is -0.481 e. The summed E-state index contributed by atoms with van der Waals surface area (Å²) in [5.41, 5.74) is 6.44. The Morgan fingerprint density at radius 3 is 2.23 bits per heavy atom. The van der Waals surface area contributed by atoms with Crippen LogP contribution in [0, 0.1) is 5.92 Å². The van der Waals surface area contributed by atoms with E-state index in [0.717, 1.165) is 5.56 Å². The highest BCUT2D eigenvalue weighted by Gasteiger charge is 2.27. The van der Waals surface area contributed by atoms with E-state index in [1.807, 2.05) is 13.8 Å². The monoisotopic (exact) mass is 437 g/mol. The lowest BCUT2D eigenvalue weighted by molar-refractivity contribution is -0.138. The molecule has 0 bridgehead atoms. The Labute approximate surface area is 183 Å². The second-order valence-corrected chi connectivity index (χ2v) is 8.72. The maximum Gasteiger partial charge on any atom is 0.408 e. The molecule has 174 valence electrons. The Kier molecular flexibility index (Phi) is 10.3. The van der Waals surface area contributed by atoms with Crippen molar-refractivity contribution < 1.29 is 29.0 Å². The standard InChI is InChI=1S/C22H35N3O6/c1-14(2)18(13-30-11-10-19(26)27)24-20(28)17(25-21(29)31-22(3,4)5)12-15-6-8-16(23)9-7-15/h6-9,14,17-18H,10-13,23H2,1-5H3,(H,24,28)(H,25,29)(H,26,27)/t17-,18+/m1/s1. The first-order valence-electron chi connectivity index (χ1n) is 10.3. The fourth-order valence-electron chi connectivity index (χ4n) is 2.60. The highest BCUT2D eigenvalue weighted by molar-refractivity contribution is 5.86. The molecule has 0 heterocycles. The van der Waals surface area contributed by atoms with E-state index in [-0.39, 0.29) is 43.9 Å². The number of nitrogens with two attached hydrogens (primary N) is 1. The Balaban J connectivity index is 2.87. The molecular weight excluding hydrogens is 402 g/mol. The van der Waals surface area contributed by atoms with E-state index in [4.69, 9.17) is 20.3 Å². The highest BCUT2D eigenvalue weighted by Crippen LogP contribution is 2.11. The number of nitrogen functional groups attached to an aromatic ring is 1. The molecule has 0 aliphatic heterocycles. The van der Waals surface area contributed by atoms with Gasteiger partial charge in [0.2, 0.25) is 5.91 Å². The molecule has 1 aromatic carbocycles. The van der Waals surface area contributed by atoms with Gasteiger partial charge in [-0.25, -0.2) is 4.79 Å². The third-order valence-corrected chi connectivity index (χ3v) is 4.32. The van der Waals surface area contributed by atoms with Crippen molar-refractivity contribution in [1.29, 1.82) is 0 Å². The van der Waals surface area contributed by atoms with Crippen LogP contribution in [0.2, 0.25) is 0 Å². The van der Waals surface area contributed by atoms with Crippen LogP contribution < -0.4 is 16.4 Å². The van der Waals surface area contributed by atoms with Crippen LogP contribution in [0.1, 0.15) is 46.6 Å². The average Bonchev–Trinajstić information content (AvgIpc) is 2.63. The van der Waals surface area contributed by atoms with E-state index in [1.165, 1.54) is 0 Å². The number of carbonyl (C=O) groups excluding carboxylic acids is 2. The number of carbonyl (C=O) groups is 3. The van der Waals surface area contributed by atoms with Gasteiger partial charge < -0.3 is 30.9 Å². The molecule has 0 fully saturated rings. The van der Waals surface area contributed by atoms with Crippen LogP contribution >= 0.6 is 0 Å². The first-order valence-corrected chi connectivity index (χ1v) is 10.3. The van der Waals surface area contributed by atoms with E-state index in [1.54, 1.807) is 45.0 Å². The van der Waals surface area contributed by atoms with Crippen LogP contribution in [0.4, 0.5) is 10.5 Å². The second kappa shape index (κ2) is 12.1. The molecule has 1 rings (SSSR count). The van der Waals surface area contributed by atoms with Gasteiger partial charge in [0.25, 0.3) is 0 Å². The van der Waals surface area contributed by atoms with Crippen molar-refractivity contribution in [2.24, 2.45) is 5.92 Å². The molecular formula is C22H35N3O6. The topological polar surface area (TPSA) is 140 Å². The number of hydrogen-bond donors (Lipinski definition) is 4. The molecule has 0 saturated carbocycles. The SMILES string of the molecule is CC(C)[C@H](COCCC(=O)O)NC(=O)[C@@H](Cc1ccc(N)cc1)NC(=O)OC(C)(C)C. The van der Waals surface area contributed by atoms with Gasteiger partial charge in [0.05, 0.1) is 25.7 Å². The average molecular weight is 438 g/mol. The van der Waals surface area contributed by atoms with Crippen molar-refractivity contribution in [3.8, 4) is 0 Å². The number of amides is 2. The van der Waals surface area contributed by atoms with Crippen LogP contribution in [0.15, 0.2) is 24.3 Å². The Morgan fingerprint density at radius 1 is 1.10 bits per heavy atom. The lowest BCUT2D eigenvalue weighted by atomic mass is 10.0. The van der Waals surface area contributed by atoms with Crippen LogP contribution in [-0.2, 0) is 25.5 Å². The number of rotatable bonds is 11. The lowest BCUT2D eigenvalue weighted by Crippen LogP contribution is -2.53. The van der Waals surface area contributed by atoms with Gasteiger partial charge >= 0.3 is 12.1 Å². The minimum absolute atomic E-state index is 0.0347. The number of nitrogens with one attached hydrogen (secondary N) is 2.